The third-order valence-electron chi connectivity index (χ3n) is 3.43. The number of carbonyl (C=O) groups excluding carboxylic acids is 2. The standard InChI is InChI=1S/C18H21NO3/c1-2-3-11-19-17(20)13-22-18(21)12-15-9-6-8-14-7-4-5-10-16(14)15/h4-10H,2-3,11-13H2,1H3,(H,19,20). The summed E-state index contributed by atoms with van der Waals surface area (Å²) in [5.41, 5.74) is 0.912. The van der Waals surface area contributed by atoms with Crippen molar-refractivity contribution in [2.45, 2.75) is 26.2 Å². The molecule has 4 nitrogen and oxygen atoms in total. The summed E-state index contributed by atoms with van der Waals surface area (Å²) in [4.78, 5) is 23.4. The van der Waals surface area contributed by atoms with Crippen LogP contribution in [0.1, 0.15) is 25.3 Å². The molecule has 0 bridgehead atoms. The van der Waals surface area contributed by atoms with Crippen LogP contribution in [0.5, 0.6) is 0 Å². The predicted molar refractivity (Wildman–Crippen MR) is 86.5 cm³/mol. The van der Waals surface area contributed by atoms with Gasteiger partial charge in [0.25, 0.3) is 5.91 Å². The van der Waals surface area contributed by atoms with Gasteiger partial charge in [-0.25, -0.2) is 0 Å². The van der Waals surface area contributed by atoms with Crippen molar-refractivity contribution < 1.29 is 14.3 Å². The number of hydrogen-bond acceptors (Lipinski definition) is 3. The van der Waals surface area contributed by atoms with E-state index in [9.17, 15) is 9.59 Å². The van der Waals surface area contributed by atoms with Gasteiger partial charge in [-0.1, -0.05) is 55.8 Å². The number of ether oxygens (including phenoxy) is 1. The van der Waals surface area contributed by atoms with Crippen LogP contribution in [0.15, 0.2) is 42.5 Å². The van der Waals surface area contributed by atoms with Crippen LogP contribution in [0.4, 0.5) is 0 Å². The van der Waals surface area contributed by atoms with Crippen molar-refractivity contribution in [3.05, 3.63) is 48.0 Å². The maximum atomic E-state index is 11.9. The summed E-state index contributed by atoms with van der Waals surface area (Å²) in [6.45, 7) is 2.46. The molecule has 0 heterocycles. The normalized spacial score (nSPS) is 10.4. The fraction of sp³-hybridized carbons (Fsp3) is 0.333. The molecule has 0 unspecified atom stereocenters. The number of esters is 1. The molecular formula is C18H21NO3. The number of unbranched alkanes of at least 4 members (excludes halogenated alkanes) is 1. The van der Waals surface area contributed by atoms with Crippen molar-refractivity contribution >= 4 is 22.6 Å². The van der Waals surface area contributed by atoms with Crippen LogP contribution in [-0.4, -0.2) is 25.0 Å². The number of fused-ring (bicyclic) bond motifs is 1. The first kappa shape index (κ1) is 16.0. The zero-order valence-corrected chi connectivity index (χ0v) is 12.8. The van der Waals surface area contributed by atoms with E-state index < -0.39 is 0 Å². The molecule has 0 aromatic heterocycles. The molecule has 1 amide bonds. The summed E-state index contributed by atoms with van der Waals surface area (Å²) in [5.74, 6) is -0.637. The average Bonchev–Trinajstić information content (AvgIpc) is 2.54. The van der Waals surface area contributed by atoms with E-state index in [1.165, 1.54) is 0 Å². The lowest BCUT2D eigenvalue weighted by atomic mass is 10.0. The van der Waals surface area contributed by atoms with Crippen molar-refractivity contribution in [2.75, 3.05) is 13.2 Å². The molecule has 0 saturated carbocycles. The van der Waals surface area contributed by atoms with Crippen molar-refractivity contribution in [1.82, 2.24) is 5.32 Å². The van der Waals surface area contributed by atoms with E-state index in [4.69, 9.17) is 4.74 Å². The van der Waals surface area contributed by atoms with Crippen LogP contribution in [0, 0.1) is 0 Å². The van der Waals surface area contributed by atoms with Gasteiger partial charge in [-0.15, -0.1) is 0 Å². The van der Waals surface area contributed by atoms with Gasteiger partial charge in [0.2, 0.25) is 0 Å². The van der Waals surface area contributed by atoms with Gasteiger partial charge in [-0.2, -0.15) is 0 Å². The van der Waals surface area contributed by atoms with Crippen LogP contribution >= 0.6 is 0 Å². The Hall–Kier alpha value is -2.36. The SMILES string of the molecule is CCCCNC(=O)COC(=O)Cc1cccc2ccccc12. The average molecular weight is 299 g/mol. The van der Waals surface area contributed by atoms with Gasteiger partial charge in [0, 0.05) is 6.54 Å². The molecule has 4 heteroatoms. The number of nitrogens with one attached hydrogen (secondary N) is 1. The molecule has 1 N–H and O–H groups in total. The Morgan fingerprint density at radius 1 is 1.09 bits per heavy atom. The molecule has 0 fully saturated rings. The number of carbonyl (C=O) groups is 2. The van der Waals surface area contributed by atoms with E-state index in [0.29, 0.717) is 6.54 Å². The summed E-state index contributed by atoms with van der Waals surface area (Å²) < 4.78 is 5.04. The summed E-state index contributed by atoms with van der Waals surface area (Å²) in [6.07, 6.45) is 2.11. The van der Waals surface area contributed by atoms with Gasteiger partial charge in [0.15, 0.2) is 6.61 Å². The molecule has 0 radical (unpaired) electrons. The minimum absolute atomic E-state index is 0.170. The summed E-state index contributed by atoms with van der Waals surface area (Å²) in [5, 5.41) is 4.84. The van der Waals surface area contributed by atoms with Gasteiger partial charge in [-0.05, 0) is 22.8 Å². The Morgan fingerprint density at radius 3 is 2.68 bits per heavy atom. The molecule has 0 aliphatic heterocycles. The molecule has 0 spiro atoms. The second-order valence-electron chi connectivity index (χ2n) is 5.18. The van der Waals surface area contributed by atoms with E-state index in [-0.39, 0.29) is 24.9 Å². The highest BCUT2D eigenvalue weighted by atomic mass is 16.5. The molecular weight excluding hydrogens is 278 g/mol. The van der Waals surface area contributed by atoms with Crippen LogP contribution in [0.25, 0.3) is 10.8 Å². The van der Waals surface area contributed by atoms with Crippen LogP contribution < -0.4 is 5.32 Å². The zero-order valence-electron chi connectivity index (χ0n) is 12.8. The summed E-state index contributed by atoms with van der Waals surface area (Å²) in [7, 11) is 0. The first-order chi connectivity index (χ1) is 10.7. The molecule has 2 aromatic rings. The van der Waals surface area contributed by atoms with E-state index >= 15 is 0 Å². The Balaban J connectivity index is 1.87. The van der Waals surface area contributed by atoms with Gasteiger partial charge in [-0.3, -0.25) is 9.59 Å². The summed E-state index contributed by atoms with van der Waals surface area (Å²) >= 11 is 0. The highest BCUT2D eigenvalue weighted by Gasteiger charge is 2.10. The zero-order chi connectivity index (χ0) is 15.8. The van der Waals surface area contributed by atoms with E-state index in [1.54, 1.807) is 0 Å². The van der Waals surface area contributed by atoms with E-state index in [1.807, 2.05) is 42.5 Å². The Labute approximate surface area is 130 Å². The molecule has 0 saturated heterocycles. The third-order valence-corrected chi connectivity index (χ3v) is 3.43. The fourth-order valence-corrected chi connectivity index (χ4v) is 2.25. The monoisotopic (exact) mass is 299 g/mol. The third kappa shape index (κ3) is 4.58. The highest BCUT2D eigenvalue weighted by molar-refractivity contribution is 5.89. The smallest absolute Gasteiger partial charge is 0.310 e. The second-order valence-corrected chi connectivity index (χ2v) is 5.18. The van der Waals surface area contributed by atoms with Crippen molar-refractivity contribution in [1.29, 1.82) is 0 Å². The molecule has 116 valence electrons. The lowest BCUT2D eigenvalue weighted by molar-refractivity contribution is -0.147. The maximum Gasteiger partial charge on any atom is 0.310 e. The first-order valence-electron chi connectivity index (χ1n) is 7.59. The van der Waals surface area contributed by atoms with Crippen molar-refractivity contribution in [3.63, 3.8) is 0 Å². The molecule has 0 aliphatic rings. The minimum Gasteiger partial charge on any atom is -0.455 e. The van der Waals surface area contributed by atoms with Gasteiger partial charge < -0.3 is 10.1 Å². The van der Waals surface area contributed by atoms with Crippen LogP contribution in [-0.2, 0) is 20.7 Å². The Morgan fingerprint density at radius 2 is 1.86 bits per heavy atom. The van der Waals surface area contributed by atoms with E-state index in [2.05, 4.69) is 12.2 Å². The minimum atomic E-state index is -0.387. The van der Waals surface area contributed by atoms with Crippen molar-refractivity contribution in [2.24, 2.45) is 0 Å². The predicted octanol–water partition coefficient (Wildman–Crippen LogP) is 2.84. The number of rotatable bonds is 7. The maximum absolute atomic E-state index is 11.9. The van der Waals surface area contributed by atoms with Crippen molar-refractivity contribution in [3.8, 4) is 0 Å². The van der Waals surface area contributed by atoms with Crippen LogP contribution in [0.3, 0.4) is 0 Å². The van der Waals surface area contributed by atoms with Crippen LogP contribution in [0.2, 0.25) is 0 Å². The lowest BCUT2D eigenvalue weighted by Crippen LogP contribution is -2.29. The Bertz CT molecular complexity index is 646. The molecule has 2 rings (SSSR count). The molecule has 0 aliphatic carbocycles. The lowest BCUT2D eigenvalue weighted by Gasteiger charge is -2.08. The number of hydrogen-bond donors (Lipinski definition) is 1. The number of amides is 1. The molecule has 2 aromatic carbocycles. The molecule has 0 atom stereocenters. The van der Waals surface area contributed by atoms with Gasteiger partial charge in [0.1, 0.15) is 0 Å². The first-order valence-corrected chi connectivity index (χ1v) is 7.59. The van der Waals surface area contributed by atoms with Gasteiger partial charge in [0.05, 0.1) is 6.42 Å². The fourth-order valence-electron chi connectivity index (χ4n) is 2.25. The second kappa shape index (κ2) is 8.17. The number of benzene rings is 2. The topological polar surface area (TPSA) is 55.4 Å². The van der Waals surface area contributed by atoms with E-state index in [0.717, 1.165) is 29.2 Å². The Kier molecular flexibility index (Phi) is 5.95. The summed E-state index contributed by atoms with van der Waals surface area (Å²) in [6, 6.07) is 13.7. The largest absolute Gasteiger partial charge is 0.455 e. The highest BCUT2D eigenvalue weighted by Crippen LogP contribution is 2.19. The quantitative estimate of drug-likeness (QED) is 0.632. The van der Waals surface area contributed by atoms with Gasteiger partial charge >= 0.3 is 5.97 Å². The molecule has 22 heavy (non-hydrogen) atoms.